The Morgan fingerprint density at radius 1 is 1.43 bits per heavy atom. The van der Waals surface area contributed by atoms with Crippen molar-refractivity contribution in [1.82, 2.24) is 4.90 Å². The zero-order chi connectivity index (χ0) is 16.0. The second-order valence-corrected chi connectivity index (χ2v) is 6.55. The normalized spacial score (nSPS) is 27.6. The van der Waals surface area contributed by atoms with Gasteiger partial charge in [0.1, 0.15) is 11.3 Å². The molecule has 2 aliphatic rings. The van der Waals surface area contributed by atoms with Crippen molar-refractivity contribution < 1.29 is 19.1 Å². The fourth-order valence-corrected chi connectivity index (χ4v) is 4.11. The molecule has 2 aromatic rings. The van der Waals surface area contributed by atoms with Crippen molar-refractivity contribution in [3.8, 4) is 0 Å². The van der Waals surface area contributed by atoms with E-state index in [9.17, 15) is 9.90 Å². The van der Waals surface area contributed by atoms with Gasteiger partial charge < -0.3 is 14.3 Å². The number of furan rings is 1. The van der Waals surface area contributed by atoms with Crippen LogP contribution in [0.5, 0.6) is 0 Å². The van der Waals surface area contributed by atoms with Gasteiger partial charge in [-0.1, -0.05) is 25.1 Å². The molecule has 23 heavy (non-hydrogen) atoms. The summed E-state index contributed by atoms with van der Waals surface area (Å²) >= 11 is 0. The number of hydrogen-bond acceptors (Lipinski definition) is 4. The molecule has 3 heterocycles. The van der Waals surface area contributed by atoms with Gasteiger partial charge in [-0.3, -0.25) is 4.90 Å². The summed E-state index contributed by atoms with van der Waals surface area (Å²) in [5.74, 6) is 0.257. The number of carbonyl (C=O) groups is 1. The highest BCUT2D eigenvalue weighted by molar-refractivity contribution is 5.82. The summed E-state index contributed by atoms with van der Waals surface area (Å²) in [6.45, 7) is 4.58. The molecule has 0 bridgehead atoms. The largest absolute Gasteiger partial charge is 0.479 e. The molecule has 0 unspecified atom stereocenters. The maximum atomic E-state index is 11.7. The Kier molecular flexibility index (Phi) is 3.43. The summed E-state index contributed by atoms with van der Waals surface area (Å²) in [5.41, 5.74) is 1.08. The Hall–Kier alpha value is -1.85. The van der Waals surface area contributed by atoms with Crippen LogP contribution in [0.3, 0.4) is 0 Å². The van der Waals surface area contributed by atoms with E-state index in [-0.39, 0.29) is 5.92 Å². The Labute approximate surface area is 134 Å². The van der Waals surface area contributed by atoms with Crippen LogP contribution in [-0.2, 0) is 22.5 Å². The van der Waals surface area contributed by atoms with Crippen molar-refractivity contribution in [3.05, 3.63) is 35.6 Å². The second-order valence-electron chi connectivity index (χ2n) is 6.55. The van der Waals surface area contributed by atoms with Crippen molar-refractivity contribution >= 4 is 16.9 Å². The molecule has 5 nitrogen and oxygen atoms in total. The van der Waals surface area contributed by atoms with E-state index >= 15 is 0 Å². The van der Waals surface area contributed by atoms with Gasteiger partial charge in [-0.25, -0.2) is 4.79 Å². The summed E-state index contributed by atoms with van der Waals surface area (Å²) in [5, 5.41) is 10.8. The molecular weight excluding hydrogens is 294 g/mol. The van der Waals surface area contributed by atoms with E-state index in [1.165, 1.54) is 5.56 Å². The maximum Gasteiger partial charge on any atom is 0.337 e. The first-order valence-electron chi connectivity index (χ1n) is 8.23. The number of benzene rings is 1. The van der Waals surface area contributed by atoms with Crippen LogP contribution >= 0.6 is 0 Å². The molecule has 2 fully saturated rings. The molecule has 1 aromatic carbocycles. The van der Waals surface area contributed by atoms with Gasteiger partial charge >= 0.3 is 5.97 Å². The fraction of sp³-hybridized carbons (Fsp3) is 0.500. The SMILES string of the molecule is CCc1oc2ccccc2c1CN1C[C@@H]2CCO[C@]2(C(=O)O)C1. The first-order valence-corrected chi connectivity index (χ1v) is 8.23. The number of para-hydroxylation sites is 1. The van der Waals surface area contributed by atoms with Crippen molar-refractivity contribution in [2.45, 2.75) is 31.9 Å². The topological polar surface area (TPSA) is 62.9 Å². The van der Waals surface area contributed by atoms with Gasteiger partial charge in [0.15, 0.2) is 5.60 Å². The monoisotopic (exact) mass is 315 g/mol. The minimum absolute atomic E-state index is 0.0863. The minimum Gasteiger partial charge on any atom is -0.479 e. The van der Waals surface area contributed by atoms with E-state index in [2.05, 4.69) is 17.9 Å². The quantitative estimate of drug-likeness (QED) is 0.940. The van der Waals surface area contributed by atoms with Gasteiger partial charge in [0, 0.05) is 49.5 Å². The number of nitrogens with zero attached hydrogens (tertiary/aromatic N) is 1. The van der Waals surface area contributed by atoms with Crippen LogP contribution in [0.15, 0.2) is 28.7 Å². The zero-order valence-electron chi connectivity index (χ0n) is 13.2. The van der Waals surface area contributed by atoms with Gasteiger partial charge in [0.05, 0.1) is 0 Å². The number of fused-ring (bicyclic) bond motifs is 2. The van der Waals surface area contributed by atoms with Gasteiger partial charge in [0.2, 0.25) is 0 Å². The first kappa shape index (κ1) is 14.7. The number of carboxylic acids is 1. The summed E-state index contributed by atoms with van der Waals surface area (Å²) in [6, 6.07) is 8.05. The highest BCUT2D eigenvalue weighted by Crippen LogP contribution is 2.40. The lowest BCUT2D eigenvalue weighted by Gasteiger charge is -2.23. The molecule has 0 aliphatic carbocycles. The molecule has 122 valence electrons. The zero-order valence-corrected chi connectivity index (χ0v) is 13.2. The van der Waals surface area contributed by atoms with Crippen molar-refractivity contribution in [2.24, 2.45) is 5.92 Å². The van der Waals surface area contributed by atoms with Crippen LogP contribution in [0.1, 0.15) is 24.7 Å². The average molecular weight is 315 g/mol. The van der Waals surface area contributed by atoms with Crippen LogP contribution in [0.4, 0.5) is 0 Å². The van der Waals surface area contributed by atoms with E-state index in [0.29, 0.717) is 13.2 Å². The summed E-state index contributed by atoms with van der Waals surface area (Å²) in [6.07, 6.45) is 1.66. The summed E-state index contributed by atoms with van der Waals surface area (Å²) < 4.78 is 11.6. The molecule has 2 aliphatic heterocycles. The van der Waals surface area contributed by atoms with E-state index in [1.807, 2.05) is 18.2 Å². The molecule has 2 saturated heterocycles. The number of hydrogen-bond donors (Lipinski definition) is 1. The number of ether oxygens (including phenoxy) is 1. The van der Waals surface area contributed by atoms with Crippen molar-refractivity contribution in [1.29, 1.82) is 0 Å². The van der Waals surface area contributed by atoms with Crippen LogP contribution < -0.4 is 0 Å². The smallest absolute Gasteiger partial charge is 0.337 e. The molecular formula is C18H21NO4. The molecule has 0 saturated carbocycles. The summed E-state index contributed by atoms with van der Waals surface area (Å²) in [7, 11) is 0. The number of rotatable bonds is 4. The maximum absolute atomic E-state index is 11.7. The first-order chi connectivity index (χ1) is 11.1. The van der Waals surface area contributed by atoms with Gasteiger partial charge in [-0.15, -0.1) is 0 Å². The standard InChI is InChI=1S/C18H21NO4/c1-2-15-14(13-5-3-4-6-16(13)23-15)10-19-9-12-7-8-22-18(12,11-19)17(20)21/h3-6,12H,2,7-11H2,1H3,(H,20,21)/t12-,18+/m0/s1. The Bertz CT molecular complexity index is 753. The summed E-state index contributed by atoms with van der Waals surface area (Å²) in [4.78, 5) is 13.9. The average Bonchev–Trinajstić information content (AvgIpc) is 3.18. The molecule has 4 rings (SSSR count). The lowest BCUT2D eigenvalue weighted by atomic mass is 9.91. The van der Waals surface area contributed by atoms with Gasteiger partial charge in [-0.05, 0) is 12.5 Å². The number of likely N-dealkylation sites (tertiary alicyclic amines) is 1. The molecule has 0 radical (unpaired) electrons. The molecule has 5 heteroatoms. The van der Waals surface area contributed by atoms with Gasteiger partial charge in [0.25, 0.3) is 0 Å². The predicted molar refractivity (Wildman–Crippen MR) is 85.3 cm³/mol. The minimum atomic E-state index is -1.01. The van der Waals surface area contributed by atoms with E-state index in [1.54, 1.807) is 0 Å². The molecule has 1 aromatic heterocycles. The van der Waals surface area contributed by atoms with E-state index in [4.69, 9.17) is 9.15 Å². The lowest BCUT2D eigenvalue weighted by Crippen LogP contribution is -2.45. The molecule has 0 amide bonds. The van der Waals surface area contributed by atoms with Gasteiger partial charge in [-0.2, -0.15) is 0 Å². The molecule has 2 atom stereocenters. The Morgan fingerprint density at radius 3 is 3.00 bits per heavy atom. The predicted octanol–water partition coefficient (Wildman–Crippen LogP) is 2.67. The third-order valence-electron chi connectivity index (χ3n) is 5.27. The van der Waals surface area contributed by atoms with Crippen LogP contribution in [0, 0.1) is 5.92 Å². The fourth-order valence-electron chi connectivity index (χ4n) is 4.11. The highest BCUT2D eigenvalue weighted by Gasteiger charge is 2.56. The number of carboxylic acid groups (broad SMARTS) is 1. The molecule has 1 N–H and O–H groups in total. The molecule has 0 spiro atoms. The van der Waals surface area contributed by atoms with Crippen molar-refractivity contribution in [3.63, 3.8) is 0 Å². The third kappa shape index (κ3) is 2.18. The highest BCUT2D eigenvalue weighted by atomic mass is 16.5. The van der Waals surface area contributed by atoms with E-state index in [0.717, 1.165) is 42.7 Å². The Balaban J connectivity index is 1.64. The lowest BCUT2D eigenvalue weighted by molar-refractivity contribution is -0.161. The third-order valence-corrected chi connectivity index (χ3v) is 5.27. The number of aryl methyl sites for hydroxylation is 1. The van der Waals surface area contributed by atoms with Crippen LogP contribution in [0.25, 0.3) is 11.0 Å². The number of aliphatic carboxylic acids is 1. The van der Waals surface area contributed by atoms with Crippen molar-refractivity contribution in [2.75, 3.05) is 19.7 Å². The van der Waals surface area contributed by atoms with Crippen LogP contribution in [0.2, 0.25) is 0 Å². The van der Waals surface area contributed by atoms with Crippen LogP contribution in [-0.4, -0.2) is 41.3 Å². The second kappa shape index (κ2) is 5.35. The Morgan fingerprint density at radius 2 is 2.26 bits per heavy atom. The van der Waals surface area contributed by atoms with E-state index < -0.39 is 11.6 Å².